The first kappa shape index (κ1) is 20.8. The number of rotatable bonds is 5. The van der Waals surface area contributed by atoms with Crippen LogP contribution in [0, 0.1) is 11.6 Å². The summed E-state index contributed by atoms with van der Waals surface area (Å²) < 4.78 is 50.9. The minimum Gasteiger partial charge on any atom is -0.297 e. The molecule has 0 radical (unpaired) electrons. The largest absolute Gasteiger partial charge is 0.297 e. The third-order valence-electron chi connectivity index (χ3n) is 4.95. The molecule has 31 heavy (non-hydrogen) atoms. The number of hydrogen-bond acceptors (Lipinski definition) is 4. The average molecular weight is 438 g/mol. The van der Waals surface area contributed by atoms with E-state index in [9.17, 15) is 17.2 Å². The van der Waals surface area contributed by atoms with Crippen molar-refractivity contribution >= 4 is 21.2 Å². The summed E-state index contributed by atoms with van der Waals surface area (Å²) in [5, 5.41) is 1.85. The fourth-order valence-corrected chi connectivity index (χ4v) is 4.08. The summed E-state index contributed by atoms with van der Waals surface area (Å²) in [5.74, 6) is -0.677. The Balaban J connectivity index is 1.76. The minimum absolute atomic E-state index is 0.190. The van der Waals surface area contributed by atoms with Crippen LogP contribution in [0.3, 0.4) is 0 Å². The first-order valence-electron chi connectivity index (χ1n) is 9.57. The van der Waals surface area contributed by atoms with E-state index in [0.717, 1.165) is 23.1 Å². The first-order valence-corrected chi connectivity index (χ1v) is 11.5. The van der Waals surface area contributed by atoms with Crippen molar-refractivity contribution in [2.75, 3.05) is 11.7 Å². The van der Waals surface area contributed by atoms with Gasteiger partial charge in [-0.1, -0.05) is 30.4 Å². The van der Waals surface area contributed by atoms with Crippen molar-refractivity contribution < 1.29 is 17.2 Å². The molecule has 0 spiro atoms. The molecular weight excluding hydrogens is 418 g/mol. The van der Waals surface area contributed by atoms with Crippen molar-refractivity contribution in [3.63, 3.8) is 0 Å². The molecule has 1 N–H and O–H groups in total. The van der Waals surface area contributed by atoms with Gasteiger partial charge in [0.2, 0.25) is 0 Å². The average Bonchev–Trinajstić information content (AvgIpc) is 2.75. The van der Waals surface area contributed by atoms with Crippen LogP contribution in [0.1, 0.15) is 17.2 Å². The molecule has 7 heteroatoms. The maximum Gasteiger partial charge on any atom is 0.175 e. The monoisotopic (exact) mass is 438 g/mol. The van der Waals surface area contributed by atoms with E-state index < -0.39 is 9.84 Å². The molecule has 1 unspecified atom stereocenters. The Morgan fingerprint density at radius 3 is 2.19 bits per heavy atom. The van der Waals surface area contributed by atoms with Gasteiger partial charge in [0.15, 0.2) is 9.84 Å². The van der Waals surface area contributed by atoms with Crippen LogP contribution >= 0.6 is 0 Å². The van der Waals surface area contributed by atoms with E-state index in [0.29, 0.717) is 5.69 Å². The number of allylic oxidation sites excluding steroid dienone is 2. The van der Waals surface area contributed by atoms with E-state index in [1.54, 1.807) is 42.5 Å². The van der Waals surface area contributed by atoms with Crippen LogP contribution in [0.5, 0.6) is 0 Å². The number of benzene rings is 3. The Hall–Kier alpha value is -3.45. The summed E-state index contributed by atoms with van der Waals surface area (Å²) in [6, 6.07) is 18.5. The molecule has 0 aliphatic carbocycles. The third-order valence-corrected chi connectivity index (χ3v) is 6.06. The Morgan fingerprint density at radius 1 is 0.903 bits per heavy atom. The summed E-state index contributed by atoms with van der Waals surface area (Å²) >= 11 is 0. The van der Waals surface area contributed by atoms with Gasteiger partial charge >= 0.3 is 0 Å². The molecule has 0 fully saturated rings. The molecule has 158 valence electrons. The molecule has 4 rings (SSSR count). The van der Waals surface area contributed by atoms with Crippen LogP contribution in [0.15, 0.2) is 95.9 Å². The third kappa shape index (κ3) is 4.67. The van der Waals surface area contributed by atoms with E-state index >= 15 is 0 Å². The molecule has 0 bridgehead atoms. The second kappa shape index (κ2) is 8.35. The lowest BCUT2D eigenvalue weighted by Gasteiger charge is -2.37. The van der Waals surface area contributed by atoms with Gasteiger partial charge < -0.3 is 0 Å². The quantitative estimate of drug-likeness (QED) is 0.584. The van der Waals surface area contributed by atoms with Crippen LogP contribution in [0.25, 0.3) is 5.70 Å². The maximum absolute atomic E-state index is 13.5. The molecule has 0 aromatic heterocycles. The van der Waals surface area contributed by atoms with Crippen molar-refractivity contribution in [1.82, 2.24) is 5.01 Å². The molecule has 1 aliphatic heterocycles. The highest BCUT2D eigenvalue weighted by Gasteiger charge is 2.24. The second-order valence-electron chi connectivity index (χ2n) is 7.22. The molecule has 0 saturated heterocycles. The number of anilines is 1. The molecule has 0 amide bonds. The zero-order valence-corrected chi connectivity index (χ0v) is 17.5. The van der Waals surface area contributed by atoms with E-state index in [2.05, 4.69) is 5.43 Å². The lowest BCUT2D eigenvalue weighted by molar-refractivity contribution is 0.405. The van der Waals surface area contributed by atoms with Gasteiger partial charge in [-0.15, -0.1) is 0 Å². The first-order chi connectivity index (χ1) is 14.8. The number of hydrogen-bond donors (Lipinski definition) is 1. The van der Waals surface area contributed by atoms with Crippen molar-refractivity contribution in [3.8, 4) is 0 Å². The smallest absolute Gasteiger partial charge is 0.175 e. The summed E-state index contributed by atoms with van der Waals surface area (Å²) in [4.78, 5) is 0.190. The van der Waals surface area contributed by atoms with Crippen molar-refractivity contribution in [1.29, 1.82) is 0 Å². The Morgan fingerprint density at radius 2 is 1.55 bits per heavy atom. The highest BCUT2D eigenvalue weighted by Crippen LogP contribution is 2.35. The van der Waals surface area contributed by atoms with E-state index in [1.807, 2.05) is 23.2 Å². The number of hydrazine groups is 1. The van der Waals surface area contributed by atoms with E-state index in [-0.39, 0.29) is 22.6 Å². The van der Waals surface area contributed by atoms with Gasteiger partial charge in [0, 0.05) is 6.26 Å². The standard InChI is InChI=1S/C24H20F2N2O2S/c1-31(29,30)22-5-2-4-21(16-22)27-28-23(17-8-12-19(25)13-9-17)6-3-7-24(28)18-10-14-20(26)15-11-18/h2-16,23,27H,1H3. The van der Waals surface area contributed by atoms with Gasteiger partial charge in [-0.2, -0.15) is 0 Å². The second-order valence-corrected chi connectivity index (χ2v) is 9.24. The summed E-state index contributed by atoms with van der Waals surface area (Å²) in [5.41, 5.74) is 6.20. The van der Waals surface area contributed by atoms with Gasteiger partial charge in [-0.05, 0) is 71.8 Å². The SMILES string of the molecule is CS(=O)(=O)c1cccc(NN2C(c3ccc(F)cc3)=CC=CC2c2ccc(F)cc2)c1. The maximum atomic E-state index is 13.5. The van der Waals surface area contributed by atoms with Gasteiger partial charge in [-0.25, -0.2) is 17.2 Å². The Bertz CT molecular complexity index is 1250. The number of nitrogens with zero attached hydrogens (tertiary/aromatic N) is 1. The molecule has 1 heterocycles. The molecule has 1 atom stereocenters. The fraction of sp³-hybridized carbons (Fsp3) is 0.0833. The fourth-order valence-electron chi connectivity index (χ4n) is 3.41. The Kier molecular flexibility index (Phi) is 5.61. The van der Waals surface area contributed by atoms with Crippen molar-refractivity contribution in [2.45, 2.75) is 10.9 Å². The number of halogens is 2. The van der Waals surface area contributed by atoms with Crippen LogP contribution in [-0.2, 0) is 9.84 Å². The topological polar surface area (TPSA) is 49.4 Å². The molecule has 3 aromatic rings. The predicted molar refractivity (Wildman–Crippen MR) is 118 cm³/mol. The van der Waals surface area contributed by atoms with Gasteiger partial charge in [-0.3, -0.25) is 10.4 Å². The highest BCUT2D eigenvalue weighted by atomic mass is 32.2. The van der Waals surface area contributed by atoms with Crippen molar-refractivity contribution in [3.05, 3.63) is 114 Å². The summed E-state index contributed by atoms with van der Waals surface area (Å²) in [6.07, 6.45) is 6.85. The zero-order valence-electron chi connectivity index (χ0n) is 16.7. The molecule has 1 aliphatic rings. The number of nitrogens with one attached hydrogen (secondary N) is 1. The molecule has 4 nitrogen and oxygen atoms in total. The zero-order chi connectivity index (χ0) is 22.0. The van der Waals surface area contributed by atoms with Crippen LogP contribution in [0.4, 0.5) is 14.5 Å². The molecule has 0 saturated carbocycles. The van der Waals surface area contributed by atoms with Crippen molar-refractivity contribution in [2.24, 2.45) is 0 Å². The van der Waals surface area contributed by atoms with Gasteiger partial charge in [0.05, 0.1) is 22.3 Å². The molecular formula is C24H20F2N2O2S. The van der Waals surface area contributed by atoms with E-state index in [1.165, 1.54) is 30.3 Å². The Labute approximate surface area is 180 Å². The highest BCUT2D eigenvalue weighted by molar-refractivity contribution is 7.90. The van der Waals surface area contributed by atoms with E-state index in [4.69, 9.17) is 0 Å². The lowest BCUT2D eigenvalue weighted by atomic mass is 10.00. The molecule has 3 aromatic carbocycles. The summed E-state index contributed by atoms with van der Waals surface area (Å²) in [7, 11) is -3.38. The van der Waals surface area contributed by atoms with Crippen LogP contribution in [0.2, 0.25) is 0 Å². The van der Waals surface area contributed by atoms with Gasteiger partial charge in [0.25, 0.3) is 0 Å². The lowest BCUT2D eigenvalue weighted by Crippen LogP contribution is -2.33. The minimum atomic E-state index is -3.38. The predicted octanol–water partition coefficient (Wildman–Crippen LogP) is 5.35. The van der Waals surface area contributed by atoms with Crippen LogP contribution in [-0.4, -0.2) is 19.7 Å². The van der Waals surface area contributed by atoms with Crippen LogP contribution < -0.4 is 5.43 Å². The van der Waals surface area contributed by atoms with Gasteiger partial charge in [0.1, 0.15) is 11.6 Å². The summed E-state index contributed by atoms with van der Waals surface area (Å²) in [6.45, 7) is 0. The normalized spacial score (nSPS) is 16.2. The number of sulfone groups is 1.